The first-order valence-corrected chi connectivity index (χ1v) is 9.53. The van der Waals surface area contributed by atoms with Crippen molar-refractivity contribution in [2.75, 3.05) is 31.6 Å². The Morgan fingerprint density at radius 2 is 1.95 bits per heavy atom. The summed E-state index contributed by atoms with van der Waals surface area (Å²) in [5.74, 6) is 0.567. The van der Waals surface area contributed by atoms with Gasteiger partial charge < -0.3 is 5.32 Å². The fourth-order valence-electron chi connectivity index (χ4n) is 3.01. The monoisotopic (exact) mass is 310 g/mol. The Morgan fingerprint density at radius 1 is 1.24 bits per heavy atom. The van der Waals surface area contributed by atoms with Crippen LogP contribution in [0.5, 0.6) is 0 Å². The molecule has 0 saturated carbocycles. The fraction of sp³-hybridized carbons (Fsp3) is 0.625. The average Bonchev–Trinajstić information content (AvgIpc) is 2.45. The van der Waals surface area contributed by atoms with Crippen molar-refractivity contribution in [1.29, 1.82) is 0 Å². The van der Waals surface area contributed by atoms with Gasteiger partial charge in [0.05, 0.1) is 5.75 Å². The predicted octanol–water partition coefficient (Wildman–Crippen LogP) is 1.46. The van der Waals surface area contributed by atoms with Gasteiger partial charge in [-0.05, 0) is 31.0 Å². The van der Waals surface area contributed by atoms with E-state index in [1.165, 1.54) is 11.1 Å². The molecule has 0 fully saturated rings. The highest BCUT2D eigenvalue weighted by Crippen LogP contribution is 2.22. The second-order valence-corrected chi connectivity index (χ2v) is 8.11. The third-order valence-electron chi connectivity index (χ3n) is 4.11. The summed E-state index contributed by atoms with van der Waals surface area (Å²) in [6, 6.07) is 8.85. The number of rotatable bonds is 7. The number of hydrogen-bond donors (Lipinski definition) is 1. The van der Waals surface area contributed by atoms with Gasteiger partial charge in [0.1, 0.15) is 0 Å². The Morgan fingerprint density at radius 3 is 2.62 bits per heavy atom. The molecule has 0 radical (unpaired) electrons. The van der Waals surface area contributed by atoms with E-state index in [0.29, 0.717) is 24.8 Å². The van der Waals surface area contributed by atoms with Gasteiger partial charge in [-0.15, -0.1) is 0 Å². The first-order chi connectivity index (χ1) is 10.1. The lowest BCUT2D eigenvalue weighted by Gasteiger charge is -2.36. The van der Waals surface area contributed by atoms with Crippen molar-refractivity contribution in [3.8, 4) is 0 Å². The molecule has 4 nitrogen and oxygen atoms in total. The summed E-state index contributed by atoms with van der Waals surface area (Å²) in [4.78, 5) is 2.31. The van der Waals surface area contributed by atoms with E-state index >= 15 is 0 Å². The van der Waals surface area contributed by atoms with Gasteiger partial charge in [0.15, 0.2) is 9.84 Å². The highest BCUT2D eigenvalue weighted by molar-refractivity contribution is 7.91. The van der Waals surface area contributed by atoms with E-state index in [1.807, 2.05) is 14.0 Å². The largest absolute Gasteiger partial charge is 0.318 e. The summed E-state index contributed by atoms with van der Waals surface area (Å²) < 4.78 is 23.9. The maximum Gasteiger partial charge on any atom is 0.151 e. The number of hydrogen-bond acceptors (Lipinski definition) is 4. The fourth-order valence-corrected chi connectivity index (χ4v) is 4.35. The molecule has 0 aliphatic carbocycles. The summed E-state index contributed by atoms with van der Waals surface area (Å²) in [5, 5.41) is 3.23. The van der Waals surface area contributed by atoms with Crippen molar-refractivity contribution in [1.82, 2.24) is 10.2 Å². The smallest absolute Gasteiger partial charge is 0.151 e. The Kier molecular flexibility index (Phi) is 5.79. The molecule has 0 bridgehead atoms. The van der Waals surface area contributed by atoms with Crippen molar-refractivity contribution < 1.29 is 8.42 Å². The van der Waals surface area contributed by atoms with Crippen LogP contribution in [0.1, 0.15) is 24.5 Å². The van der Waals surface area contributed by atoms with Crippen LogP contribution in [0.25, 0.3) is 0 Å². The zero-order valence-corrected chi connectivity index (χ0v) is 13.8. The van der Waals surface area contributed by atoms with E-state index in [0.717, 1.165) is 19.5 Å². The van der Waals surface area contributed by atoms with Gasteiger partial charge in [-0.1, -0.05) is 31.2 Å². The van der Waals surface area contributed by atoms with Gasteiger partial charge in [0.25, 0.3) is 0 Å². The first-order valence-electron chi connectivity index (χ1n) is 7.71. The van der Waals surface area contributed by atoms with E-state index in [1.54, 1.807) is 0 Å². The van der Waals surface area contributed by atoms with Crippen LogP contribution in [-0.2, 0) is 22.8 Å². The Balaban J connectivity index is 2.06. The minimum Gasteiger partial charge on any atom is -0.318 e. The molecule has 1 atom stereocenters. The molecular weight excluding hydrogens is 284 g/mol. The number of nitrogens with one attached hydrogen (secondary N) is 1. The van der Waals surface area contributed by atoms with Crippen LogP contribution in [0.2, 0.25) is 0 Å². The molecule has 2 rings (SSSR count). The second kappa shape index (κ2) is 7.38. The SMILES string of the molecule is CCCS(=O)(=O)CCN1Cc2ccccc2CC1CNC. The summed E-state index contributed by atoms with van der Waals surface area (Å²) in [6.07, 6.45) is 1.69. The van der Waals surface area contributed by atoms with E-state index in [2.05, 4.69) is 34.5 Å². The highest BCUT2D eigenvalue weighted by Gasteiger charge is 2.26. The highest BCUT2D eigenvalue weighted by atomic mass is 32.2. The van der Waals surface area contributed by atoms with Crippen molar-refractivity contribution >= 4 is 9.84 Å². The van der Waals surface area contributed by atoms with Crippen molar-refractivity contribution in [2.45, 2.75) is 32.4 Å². The molecule has 1 N–H and O–H groups in total. The molecule has 1 aliphatic heterocycles. The summed E-state index contributed by atoms with van der Waals surface area (Å²) >= 11 is 0. The van der Waals surface area contributed by atoms with Crippen LogP contribution >= 0.6 is 0 Å². The Labute approximate surface area is 128 Å². The summed E-state index contributed by atoms with van der Waals surface area (Å²) in [6.45, 7) is 4.29. The van der Waals surface area contributed by atoms with Crippen LogP contribution in [0.4, 0.5) is 0 Å². The average molecular weight is 310 g/mol. The van der Waals surface area contributed by atoms with Crippen LogP contribution in [0, 0.1) is 0 Å². The maximum atomic E-state index is 11.9. The summed E-state index contributed by atoms with van der Waals surface area (Å²) in [7, 11) is -0.958. The maximum absolute atomic E-state index is 11.9. The molecule has 0 spiro atoms. The van der Waals surface area contributed by atoms with Gasteiger partial charge in [-0.3, -0.25) is 4.90 Å². The molecule has 21 heavy (non-hydrogen) atoms. The molecule has 1 aliphatic rings. The number of likely N-dealkylation sites (N-methyl/N-ethyl adjacent to an activating group) is 1. The van der Waals surface area contributed by atoms with E-state index in [9.17, 15) is 8.42 Å². The van der Waals surface area contributed by atoms with Crippen molar-refractivity contribution in [3.63, 3.8) is 0 Å². The van der Waals surface area contributed by atoms with Crippen LogP contribution < -0.4 is 5.32 Å². The third-order valence-corrected chi connectivity index (χ3v) is 5.94. The lowest BCUT2D eigenvalue weighted by molar-refractivity contribution is 0.180. The van der Waals surface area contributed by atoms with E-state index in [-0.39, 0.29) is 5.75 Å². The quantitative estimate of drug-likeness (QED) is 0.828. The second-order valence-electron chi connectivity index (χ2n) is 5.81. The van der Waals surface area contributed by atoms with Crippen LogP contribution in [0.3, 0.4) is 0 Å². The normalized spacial score (nSPS) is 19.4. The van der Waals surface area contributed by atoms with Crippen molar-refractivity contribution in [3.05, 3.63) is 35.4 Å². The first kappa shape index (κ1) is 16.5. The van der Waals surface area contributed by atoms with E-state index in [4.69, 9.17) is 0 Å². The molecular formula is C16H26N2O2S. The van der Waals surface area contributed by atoms with Gasteiger partial charge in [-0.2, -0.15) is 0 Å². The van der Waals surface area contributed by atoms with Crippen LogP contribution in [0.15, 0.2) is 24.3 Å². The van der Waals surface area contributed by atoms with Crippen molar-refractivity contribution in [2.24, 2.45) is 0 Å². The molecule has 1 heterocycles. The molecule has 1 aromatic carbocycles. The van der Waals surface area contributed by atoms with Gasteiger partial charge in [0, 0.05) is 31.4 Å². The van der Waals surface area contributed by atoms with Gasteiger partial charge >= 0.3 is 0 Å². The number of benzene rings is 1. The van der Waals surface area contributed by atoms with Gasteiger partial charge in [-0.25, -0.2) is 8.42 Å². The van der Waals surface area contributed by atoms with Crippen LogP contribution in [-0.4, -0.2) is 51.0 Å². The third kappa shape index (κ3) is 4.53. The molecule has 0 amide bonds. The minimum atomic E-state index is -2.91. The molecule has 0 saturated heterocycles. The zero-order valence-electron chi connectivity index (χ0n) is 13.0. The molecule has 0 aromatic heterocycles. The lowest BCUT2D eigenvalue weighted by Crippen LogP contribution is -2.47. The Hall–Kier alpha value is -0.910. The van der Waals surface area contributed by atoms with E-state index < -0.39 is 9.84 Å². The molecule has 1 aromatic rings. The number of nitrogens with zero attached hydrogens (tertiary/aromatic N) is 1. The Bertz CT molecular complexity index is 557. The summed E-state index contributed by atoms with van der Waals surface area (Å²) in [5.41, 5.74) is 2.73. The number of fused-ring (bicyclic) bond motifs is 1. The van der Waals surface area contributed by atoms with Gasteiger partial charge in [0.2, 0.25) is 0 Å². The zero-order chi connectivity index (χ0) is 15.3. The minimum absolute atomic E-state index is 0.267. The standard InChI is InChI=1S/C16H26N2O2S/c1-3-9-21(19,20)10-8-18-13-15-7-5-4-6-14(15)11-16(18)12-17-2/h4-7,16-17H,3,8-13H2,1-2H3. The predicted molar refractivity (Wildman–Crippen MR) is 87.2 cm³/mol. The number of sulfone groups is 1. The lowest BCUT2D eigenvalue weighted by atomic mass is 9.94. The molecule has 118 valence electrons. The molecule has 5 heteroatoms. The molecule has 1 unspecified atom stereocenters. The topological polar surface area (TPSA) is 49.4 Å².